The van der Waals surface area contributed by atoms with Crippen LogP contribution in [0.4, 0.5) is 10.1 Å². The lowest BCUT2D eigenvalue weighted by atomic mass is 10.0. The Morgan fingerprint density at radius 1 is 1.37 bits per heavy atom. The molecular formula is C15H22FNO2. The van der Waals surface area contributed by atoms with E-state index in [9.17, 15) is 14.3 Å². The molecule has 0 bridgehead atoms. The van der Waals surface area contributed by atoms with Crippen molar-refractivity contribution in [1.82, 2.24) is 0 Å². The van der Waals surface area contributed by atoms with Gasteiger partial charge in [-0.1, -0.05) is 13.8 Å². The molecule has 0 aliphatic carbocycles. The largest absolute Gasteiger partial charge is 0.395 e. The molecule has 0 aliphatic heterocycles. The van der Waals surface area contributed by atoms with Crippen LogP contribution < -0.4 is 4.90 Å². The maximum absolute atomic E-state index is 13.3. The number of aliphatic hydroxyl groups excluding tert-OH is 1. The Hall–Kier alpha value is -1.42. The van der Waals surface area contributed by atoms with Crippen molar-refractivity contribution in [2.45, 2.75) is 39.7 Å². The molecule has 0 saturated heterocycles. The van der Waals surface area contributed by atoms with Gasteiger partial charge in [-0.15, -0.1) is 0 Å². The molecule has 0 amide bonds. The highest BCUT2D eigenvalue weighted by Crippen LogP contribution is 2.26. The highest BCUT2D eigenvalue weighted by molar-refractivity contribution is 5.99. The predicted molar refractivity (Wildman–Crippen MR) is 75.2 cm³/mol. The number of carbonyl (C=O) groups is 1. The number of rotatable bonds is 7. The highest BCUT2D eigenvalue weighted by Gasteiger charge is 2.20. The molecule has 0 unspecified atom stereocenters. The maximum Gasteiger partial charge on any atom is 0.161 e. The summed E-state index contributed by atoms with van der Waals surface area (Å²) in [6.07, 6.45) is 1.82. The van der Waals surface area contributed by atoms with Crippen molar-refractivity contribution in [2.24, 2.45) is 0 Å². The first-order valence-electron chi connectivity index (χ1n) is 6.73. The quantitative estimate of drug-likeness (QED) is 0.772. The van der Waals surface area contributed by atoms with Gasteiger partial charge in [0.25, 0.3) is 0 Å². The van der Waals surface area contributed by atoms with Crippen LogP contribution in [0.5, 0.6) is 0 Å². The number of aliphatic hydroxyl groups is 1. The molecule has 0 spiro atoms. The van der Waals surface area contributed by atoms with Crippen LogP contribution >= 0.6 is 0 Å². The zero-order valence-corrected chi connectivity index (χ0v) is 11.8. The van der Waals surface area contributed by atoms with Crippen LogP contribution in [-0.4, -0.2) is 30.1 Å². The molecular weight excluding hydrogens is 245 g/mol. The number of carbonyl (C=O) groups excluding carboxylic acids is 1. The van der Waals surface area contributed by atoms with Crippen LogP contribution in [0.25, 0.3) is 0 Å². The van der Waals surface area contributed by atoms with E-state index in [1.54, 1.807) is 6.07 Å². The van der Waals surface area contributed by atoms with E-state index >= 15 is 0 Å². The van der Waals surface area contributed by atoms with E-state index in [4.69, 9.17) is 0 Å². The minimum Gasteiger partial charge on any atom is -0.395 e. The van der Waals surface area contributed by atoms with Gasteiger partial charge in [0.1, 0.15) is 5.82 Å². The Morgan fingerprint density at radius 3 is 2.47 bits per heavy atom. The standard InChI is InChI=1S/C15H22FNO2/c1-4-13(5-2)17(8-9-18)15-7-6-12(16)10-14(15)11(3)19/h6-7,10,13,18H,4-5,8-9H2,1-3H3. The number of benzene rings is 1. The first kappa shape index (κ1) is 15.6. The maximum atomic E-state index is 13.3. The van der Waals surface area contributed by atoms with Gasteiger partial charge in [0.15, 0.2) is 5.78 Å². The summed E-state index contributed by atoms with van der Waals surface area (Å²) >= 11 is 0. The molecule has 0 aliphatic rings. The van der Waals surface area contributed by atoms with E-state index in [0.717, 1.165) is 12.8 Å². The molecule has 3 nitrogen and oxygen atoms in total. The van der Waals surface area contributed by atoms with Gasteiger partial charge in [-0.25, -0.2) is 4.39 Å². The third-order valence-electron chi connectivity index (χ3n) is 3.37. The van der Waals surface area contributed by atoms with Crippen LogP contribution in [0.2, 0.25) is 0 Å². The second kappa shape index (κ2) is 7.24. The molecule has 0 saturated carbocycles. The Labute approximate surface area is 114 Å². The molecule has 0 fully saturated rings. The topological polar surface area (TPSA) is 40.5 Å². The molecule has 106 valence electrons. The third kappa shape index (κ3) is 3.77. The molecule has 1 aromatic carbocycles. The van der Waals surface area contributed by atoms with Crippen molar-refractivity contribution in [2.75, 3.05) is 18.1 Å². The minimum absolute atomic E-state index is 0.00518. The van der Waals surface area contributed by atoms with E-state index in [0.29, 0.717) is 17.8 Å². The summed E-state index contributed by atoms with van der Waals surface area (Å²) in [5.41, 5.74) is 1.08. The van der Waals surface area contributed by atoms with Gasteiger partial charge < -0.3 is 10.0 Å². The van der Waals surface area contributed by atoms with Gasteiger partial charge in [-0.05, 0) is 38.0 Å². The number of nitrogens with zero attached hydrogens (tertiary/aromatic N) is 1. The molecule has 0 aromatic heterocycles. The van der Waals surface area contributed by atoms with Crippen LogP contribution in [0.1, 0.15) is 44.0 Å². The lowest BCUT2D eigenvalue weighted by Crippen LogP contribution is -2.37. The molecule has 1 aromatic rings. The summed E-state index contributed by atoms with van der Waals surface area (Å²) in [5.74, 6) is -0.578. The van der Waals surface area contributed by atoms with Crippen molar-refractivity contribution in [1.29, 1.82) is 0 Å². The summed E-state index contributed by atoms with van der Waals surface area (Å²) < 4.78 is 13.3. The first-order valence-corrected chi connectivity index (χ1v) is 6.73. The minimum atomic E-state index is -0.414. The van der Waals surface area contributed by atoms with Gasteiger partial charge in [0.05, 0.1) is 6.61 Å². The summed E-state index contributed by atoms with van der Waals surface area (Å²) in [6, 6.07) is 4.48. The lowest BCUT2D eigenvalue weighted by Gasteiger charge is -2.33. The van der Waals surface area contributed by atoms with Crippen molar-refractivity contribution in [3.8, 4) is 0 Å². The fraction of sp³-hybridized carbons (Fsp3) is 0.533. The number of Topliss-reactive ketones (excluding diaryl/α,β-unsaturated/α-hetero) is 1. The Kier molecular flexibility index (Phi) is 5.96. The third-order valence-corrected chi connectivity index (χ3v) is 3.37. The van der Waals surface area contributed by atoms with Gasteiger partial charge in [0.2, 0.25) is 0 Å². The van der Waals surface area contributed by atoms with Crippen molar-refractivity contribution in [3.05, 3.63) is 29.6 Å². The van der Waals surface area contributed by atoms with Gasteiger partial charge in [0, 0.05) is 23.8 Å². The fourth-order valence-corrected chi connectivity index (χ4v) is 2.38. The highest BCUT2D eigenvalue weighted by atomic mass is 19.1. The van der Waals surface area contributed by atoms with Crippen LogP contribution in [0.15, 0.2) is 18.2 Å². The number of anilines is 1. The summed E-state index contributed by atoms with van der Waals surface area (Å²) in [7, 11) is 0. The zero-order chi connectivity index (χ0) is 14.4. The molecule has 19 heavy (non-hydrogen) atoms. The average Bonchev–Trinajstić information content (AvgIpc) is 2.39. The molecule has 0 atom stereocenters. The number of ketones is 1. The second-order valence-electron chi connectivity index (χ2n) is 4.60. The fourth-order valence-electron chi connectivity index (χ4n) is 2.38. The molecule has 1 rings (SSSR count). The summed E-state index contributed by atoms with van der Waals surface area (Å²) in [4.78, 5) is 13.7. The second-order valence-corrected chi connectivity index (χ2v) is 4.60. The molecule has 0 radical (unpaired) electrons. The zero-order valence-electron chi connectivity index (χ0n) is 11.8. The van der Waals surface area contributed by atoms with Gasteiger partial charge in [-0.3, -0.25) is 4.79 Å². The first-order chi connectivity index (χ1) is 9.04. The van der Waals surface area contributed by atoms with Crippen LogP contribution in [0.3, 0.4) is 0 Å². The van der Waals surface area contributed by atoms with Gasteiger partial charge in [-0.2, -0.15) is 0 Å². The van der Waals surface area contributed by atoms with E-state index in [-0.39, 0.29) is 18.4 Å². The Bertz CT molecular complexity index is 430. The molecule has 0 heterocycles. The van der Waals surface area contributed by atoms with E-state index in [1.165, 1.54) is 19.1 Å². The predicted octanol–water partition coefficient (Wildman–Crippen LogP) is 3.02. The van der Waals surface area contributed by atoms with Crippen LogP contribution in [-0.2, 0) is 0 Å². The summed E-state index contributed by atoms with van der Waals surface area (Å²) in [6.45, 7) is 6.01. The normalized spacial score (nSPS) is 10.8. The lowest BCUT2D eigenvalue weighted by molar-refractivity contribution is 0.101. The average molecular weight is 267 g/mol. The smallest absolute Gasteiger partial charge is 0.161 e. The molecule has 1 N–H and O–H groups in total. The van der Waals surface area contributed by atoms with E-state index < -0.39 is 5.82 Å². The Balaban J connectivity index is 3.25. The number of hydrogen-bond donors (Lipinski definition) is 1. The van der Waals surface area contributed by atoms with Crippen molar-refractivity contribution >= 4 is 11.5 Å². The van der Waals surface area contributed by atoms with Crippen molar-refractivity contribution < 1.29 is 14.3 Å². The van der Waals surface area contributed by atoms with E-state index in [2.05, 4.69) is 13.8 Å². The summed E-state index contributed by atoms with van der Waals surface area (Å²) in [5, 5.41) is 9.22. The van der Waals surface area contributed by atoms with Gasteiger partial charge >= 0.3 is 0 Å². The number of halogens is 1. The van der Waals surface area contributed by atoms with E-state index in [1.807, 2.05) is 4.90 Å². The molecule has 4 heteroatoms. The van der Waals surface area contributed by atoms with Crippen molar-refractivity contribution in [3.63, 3.8) is 0 Å². The monoisotopic (exact) mass is 267 g/mol. The Morgan fingerprint density at radius 2 is 2.00 bits per heavy atom. The van der Waals surface area contributed by atoms with Crippen LogP contribution in [0, 0.1) is 5.82 Å². The number of hydrogen-bond acceptors (Lipinski definition) is 3. The SMILES string of the molecule is CCC(CC)N(CCO)c1ccc(F)cc1C(C)=O.